The van der Waals surface area contributed by atoms with Gasteiger partial charge in [0.25, 0.3) is 0 Å². The summed E-state index contributed by atoms with van der Waals surface area (Å²) in [7, 11) is -7.46. The number of sulfonamides is 2. The number of halogens is 1. The zero-order valence-electron chi connectivity index (χ0n) is 15.5. The van der Waals surface area contributed by atoms with Crippen molar-refractivity contribution >= 4 is 32.5 Å². The van der Waals surface area contributed by atoms with Crippen molar-refractivity contribution in [3.63, 3.8) is 0 Å². The van der Waals surface area contributed by atoms with E-state index < -0.39 is 20.0 Å². The Balaban J connectivity index is 0.00000338. The summed E-state index contributed by atoms with van der Waals surface area (Å²) in [6, 6.07) is 5.51. The lowest BCUT2D eigenvalue weighted by molar-refractivity contribution is 0.244. The van der Waals surface area contributed by atoms with Crippen LogP contribution >= 0.6 is 12.4 Å². The summed E-state index contributed by atoms with van der Waals surface area (Å²) in [6.07, 6.45) is 0. The molecule has 0 radical (unpaired) electrons. The number of piperazine rings is 1. The summed E-state index contributed by atoms with van der Waals surface area (Å²) in [5, 5.41) is 3.24. The van der Waals surface area contributed by atoms with Gasteiger partial charge in [0.05, 0.1) is 9.79 Å². The standard InChI is InChI=1S/C16H27N3O4S2.ClH/c1-5-18(6-2)24(20,21)15-8-7-9-16(10-15)25(22,23)19-12-13(3)17-11-14(19)4;/h7-10,13-14,17H,5-6,11-12H2,1-4H3;1H. The van der Waals surface area contributed by atoms with Crippen molar-refractivity contribution in [1.29, 1.82) is 0 Å². The highest BCUT2D eigenvalue weighted by Gasteiger charge is 2.34. The molecule has 0 aromatic heterocycles. The quantitative estimate of drug-likeness (QED) is 0.746. The average molecular weight is 426 g/mol. The summed E-state index contributed by atoms with van der Waals surface area (Å²) in [4.78, 5) is 0.0230. The molecule has 2 rings (SSSR count). The van der Waals surface area contributed by atoms with E-state index in [0.29, 0.717) is 26.2 Å². The van der Waals surface area contributed by atoms with Gasteiger partial charge in [-0.2, -0.15) is 8.61 Å². The fraction of sp³-hybridized carbons (Fsp3) is 0.625. The number of hydrogen-bond donors (Lipinski definition) is 1. The highest BCUT2D eigenvalue weighted by Crippen LogP contribution is 2.24. The molecule has 1 aromatic rings. The van der Waals surface area contributed by atoms with E-state index in [0.717, 1.165) is 0 Å². The second-order valence-electron chi connectivity index (χ2n) is 6.30. The van der Waals surface area contributed by atoms with Crippen LogP contribution in [0.5, 0.6) is 0 Å². The summed E-state index contributed by atoms with van der Waals surface area (Å²) in [5.74, 6) is 0. The van der Waals surface area contributed by atoms with Gasteiger partial charge in [0.15, 0.2) is 0 Å². The Kier molecular flexibility index (Phi) is 8.06. The van der Waals surface area contributed by atoms with Crippen molar-refractivity contribution in [2.24, 2.45) is 0 Å². The first kappa shape index (κ1) is 23.3. The molecule has 0 aliphatic carbocycles. The van der Waals surface area contributed by atoms with Gasteiger partial charge >= 0.3 is 0 Å². The van der Waals surface area contributed by atoms with Gasteiger partial charge in [-0.3, -0.25) is 0 Å². The molecule has 1 saturated heterocycles. The van der Waals surface area contributed by atoms with E-state index >= 15 is 0 Å². The molecule has 0 saturated carbocycles. The van der Waals surface area contributed by atoms with Crippen molar-refractivity contribution in [3.8, 4) is 0 Å². The minimum atomic E-state index is -3.76. The van der Waals surface area contributed by atoms with Crippen LogP contribution in [0.1, 0.15) is 27.7 Å². The summed E-state index contributed by atoms with van der Waals surface area (Å²) in [5.41, 5.74) is 0. The van der Waals surface area contributed by atoms with Crippen molar-refractivity contribution in [3.05, 3.63) is 24.3 Å². The molecule has 0 bridgehead atoms. The first-order valence-corrected chi connectivity index (χ1v) is 11.4. The summed E-state index contributed by atoms with van der Waals surface area (Å²) in [6.45, 7) is 8.87. The van der Waals surface area contributed by atoms with Crippen LogP contribution in [0.3, 0.4) is 0 Å². The third-order valence-electron chi connectivity index (χ3n) is 4.46. The van der Waals surface area contributed by atoms with Gasteiger partial charge in [-0.05, 0) is 32.0 Å². The van der Waals surface area contributed by atoms with E-state index in [1.54, 1.807) is 13.8 Å². The van der Waals surface area contributed by atoms with Gasteiger partial charge < -0.3 is 5.32 Å². The highest BCUT2D eigenvalue weighted by atomic mass is 35.5. The first-order chi connectivity index (χ1) is 11.6. The highest BCUT2D eigenvalue weighted by molar-refractivity contribution is 7.90. The first-order valence-electron chi connectivity index (χ1n) is 8.50. The molecule has 0 amide bonds. The molecule has 26 heavy (non-hydrogen) atoms. The normalized spacial score (nSPS) is 22.2. The Morgan fingerprint density at radius 2 is 1.69 bits per heavy atom. The second kappa shape index (κ2) is 8.99. The fourth-order valence-corrected chi connectivity index (χ4v) is 6.31. The molecule has 150 valence electrons. The Morgan fingerprint density at radius 1 is 1.12 bits per heavy atom. The minimum absolute atomic E-state index is 0. The van der Waals surface area contributed by atoms with Crippen LogP contribution in [-0.2, 0) is 20.0 Å². The van der Waals surface area contributed by atoms with Crippen molar-refractivity contribution in [2.45, 2.75) is 49.6 Å². The SMILES string of the molecule is CCN(CC)S(=O)(=O)c1cccc(S(=O)(=O)N2CC(C)NCC2C)c1.Cl. The van der Waals surface area contributed by atoms with Gasteiger partial charge in [0.1, 0.15) is 0 Å². The third kappa shape index (κ3) is 4.58. The predicted octanol–water partition coefficient (Wildman–Crippen LogP) is 1.51. The van der Waals surface area contributed by atoms with Crippen LogP contribution in [0.2, 0.25) is 0 Å². The zero-order chi connectivity index (χ0) is 18.8. The third-order valence-corrected chi connectivity index (χ3v) is 8.48. The number of nitrogens with zero attached hydrogens (tertiary/aromatic N) is 2. The molecule has 0 spiro atoms. The Bertz CT molecular complexity index is 811. The summed E-state index contributed by atoms with van der Waals surface area (Å²) >= 11 is 0. The van der Waals surface area contributed by atoms with E-state index in [4.69, 9.17) is 0 Å². The van der Waals surface area contributed by atoms with Gasteiger partial charge in [0, 0.05) is 38.3 Å². The predicted molar refractivity (Wildman–Crippen MR) is 105 cm³/mol. The maximum Gasteiger partial charge on any atom is 0.243 e. The fourth-order valence-electron chi connectivity index (χ4n) is 2.97. The van der Waals surface area contributed by atoms with E-state index in [1.807, 2.05) is 13.8 Å². The van der Waals surface area contributed by atoms with E-state index in [2.05, 4.69) is 5.32 Å². The van der Waals surface area contributed by atoms with Crippen LogP contribution in [0, 0.1) is 0 Å². The largest absolute Gasteiger partial charge is 0.311 e. The summed E-state index contributed by atoms with van der Waals surface area (Å²) < 4.78 is 54.1. The van der Waals surface area contributed by atoms with Crippen LogP contribution in [0.4, 0.5) is 0 Å². The van der Waals surface area contributed by atoms with E-state index in [-0.39, 0.29) is 34.3 Å². The molecule has 1 aliphatic heterocycles. The van der Waals surface area contributed by atoms with E-state index in [9.17, 15) is 16.8 Å². The van der Waals surface area contributed by atoms with Crippen LogP contribution < -0.4 is 5.32 Å². The number of rotatable bonds is 6. The smallest absolute Gasteiger partial charge is 0.243 e. The molecule has 1 fully saturated rings. The maximum atomic E-state index is 13.0. The number of nitrogens with one attached hydrogen (secondary N) is 1. The number of hydrogen-bond acceptors (Lipinski definition) is 5. The lowest BCUT2D eigenvalue weighted by atomic mass is 10.2. The second-order valence-corrected chi connectivity index (χ2v) is 10.1. The van der Waals surface area contributed by atoms with Crippen molar-refractivity contribution in [1.82, 2.24) is 13.9 Å². The van der Waals surface area contributed by atoms with Crippen molar-refractivity contribution in [2.75, 3.05) is 26.2 Å². The molecule has 1 heterocycles. The lowest BCUT2D eigenvalue weighted by Gasteiger charge is -2.36. The monoisotopic (exact) mass is 425 g/mol. The Hall–Kier alpha value is -0.710. The molecule has 10 heteroatoms. The van der Waals surface area contributed by atoms with Gasteiger partial charge in [-0.1, -0.05) is 19.9 Å². The van der Waals surface area contributed by atoms with E-state index in [1.165, 1.54) is 32.9 Å². The van der Waals surface area contributed by atoms with Gasteiger partial charge in [-0.15, -0.1) is 12.4 Å². The zero-order valence-corrected chi connectivity index (χ0v) is 18.0. The van der Waals surface area contributed by atoms with Gasteiger partial charge in [-0.25, -0.2) is 16.8 Å². The molecule has 1 aromatic carbocycles. The van der Waals surface area contributed by atoms with Crippen LogP contribution in [0.15, 0.2) is 34.1 Å². The molecular formula is C16H28ClN3O4S2. The molecule has 2 unspecified atom stereocenters. The molecule has 2 atom stereocenters. The maximum absolute atomic E-state index is 13.0. The Morgan fingerprint density at radius 3 is 2.27 bits per heavy atom. The topological polar surface area (TPSA) is 86.8 Å². The van der Waals surface area contributed by atoms with Crippen LogP contribution in [0.25, 0.3) is 0 Å². The van der Waals surface area contributed by atoms with Gasteiger partial charge in [0.2, 0.25) is 20.0 Å². The number of benzene rings is 1. The Labute approximate surface area is 163 Å². The lowest BCUT2D eigenvalue weighted by Crippen LogP contribution is -2.56. The molecular weight excluding hydrogens is 398 g/mol. The minimum Gasteiger partial charge on any atom is -0.311 e. The molecule has 1 N–H and O–H groups in total. The van der Waals surface area contributed by atoms with Crippen LogP contribution in [-0.4, -0.2) is 63.7 Å². The average Bonchev–Trinajstić information content (AvgIpc) is 2.58. The van der Waals surface area contributed by atoms with Crippen molar-refractivity contribution < 1.29 is 16.8 Å². The molecule has 1 aliphatic rings. The molecule has 7 nitrogen and oxygen atoms in total.